The Morgan fingerprint density at radius 3 is 0.944 bits per heavy atom. The molecule has 90 heavy (non-hydrogen) atoms. The van der Waals surface area contributed by atoms with E-state index >= 15 is 0 Å². The average Bonchev–Trinajstić information content (AvgIpc) is 3.61. The average molecular weight is 1280 g/mol. The Morgan fingerprint density at radius 2 is 0.633 bits per heavy atom. The Hall–Kier alpha value is -2.81. The van der Waals surface area contributed by atoms with Crippen molar-refractivity contribution in [2.24, 2.45) is 0 Å². The van der Waals surface area contributed by atoms with Crippen LogP contribution in [0.4, 0.5) is 0 Å². The van der Waals surface area contributed by atoms with Gasteiger partial charge < -0.3 is 18.9 Å². The summed E-state index contributed by atoms with van der Waals surface area (Å²) in [4.78, 5) is 35.9. The highest BCUT2D eigenvalue weighted by atomic mass is 31.2. The van der Waals surface area contributed by atoms with E-state index < -0.39 is 26.5 Å². The molecule has 1 N–H and O–H groups in total. The van der Waals surface area contributed by atoms with Gasteiger partial charge in [0, 0.05) is 12.8 Å². The van der Waals surface area contributed by atoms with Gasteiger partial charge in [0.25, 0.3) is 0 Å². The van der Waals surface area contributed by atoms with E-state index in [1.165, 1.54) is 250 Å². The lowest BCUT2D eigenvalue weighted by atomic mass is 10.0. The molecule has 9 nitrogen and oxygen atoms in total. The number of carbonyl (C=O) groups excluding carboxylic acids is 2. The maximum absolute atomic E-state index is 12.9. The zero-order chi connectivity index (χ0) is 65.5. The number of quaternary nitrogens is 1. The smallest absolute Gasteiger partial charge is 0.462 e. The summed E-state index contributed by atoms with van der Waals surface area (Å²) in [5.74, 6) is -0.788. The van der Waals surface area contributed by atoms with Crippen molar-refractivity contribution in [3.8, 4) is 0 Å². The third-order valence-corrected chi connectivity index (χ3v) is 17.9. The number of esters is 2. The van der Waals surface area contributed by atoms with Crippen LogP contribution in [0.5, 0.6) is 0 Å². The van der Waals surface area contributed by atoms with E-state index in [1.807, 2.05) is 21.1 Å². The molecule has 0 aliphatic carbocycles. The zero-order valence-electron chi connectivity index (χ0n) is 59.9. The van der Waals surface area contributed by atoms with Crippen LogP contribution in [0.2, 0.25) is 0 Å². The first-order valence-corrected chi connectivity index (χ1v) is 39.8. The van der Waals surface area contributed by atoms with Crippen LogP contribution in [0.1, 0.15) is 361 Å². The molecule has 0 radical (unpaired) electrons. The minimum Gasteiger partial charge on any atom is -0.462 e. The Labute approximate surface area is 558 Å². The lowest BCUT2D eigenvalue weighted by molar-refractivity contribution is -0.870. The predicted octanol–water partition coefficient (Wildman–Crippen LogP) is 25.3. The molecule has 0 heterocycles. The number of phosphoric acid groups is 1. The van der Waals surface area contributed by atoms with Crippen LogP contribution < -0.4 is 0 Å². The second-order valence-electron chi connectivity index (χ2n) is 27.0. The molecular weight excluding hydrogens is 1130 g/mol. The summed E-state index contributed by atoms with van der Waals surface area (Å²) in [6, 6.07) is 0. The summed E-state index contributed by atoms with van der Waals surface area (Å²) in [6.45, 7) is 4.35. The molecule has 0 amide bonds. The fourth-order valence-electron chi connectivity index (χ4n) is 11.1. The van der Waals surface area contributed by atoms with E-state index in [0.717, 1.165) is 77.0 Å². The highest BCUT2D eigenvalue weighted by Crippen LogP contribution is 2.43. The molecule has 0 saturated carbocycles. The highest BCUT2D eigenvalue weighted by Gasteiger charge is 2.27. The molecule has 0 aliphatic rings. The van der Waals surface area contributed by atoms with Crippen molar-refractivity contribution < 1.29 is 42.1 Å². The van der Waals surface area contributed by atoms with Crippen molar-refractivity contribution in [2.75, 3.05) is 47.5 Å². The van der Waals surface area contributed by atoms with Gasteiger partial charge in [-0.1, -0.05) is 343 Å². The minimum atomic E-state index is -4.40. The third kappa shape index (κ3) is 74.2. The monoisotopic (exact) mass is 1280 g/mol. The molecular formula is C80H147NO8P+. The molecule has 0 saturated heterocycles. The molecule has 0 spiro atoms. The van der Waals surface area contributed by atoms with Gasteiger partial charge in [-0.2, -0.15) is 0 Å². The second-order valence-corrected chi connectivity index (χ2v) is 28.5. The predicted molar refractivity (Wildman–Crippen MR) is 390 cm³/mol. The highest BCUT2D eigenvalue weighted by molar-refractivity contribution is 7.47. The van der Waals surface area contributed by atoms with Gasteiger partial charge in [-0.3, -0.25) is 18.6 Å². The summed E-state index contributed by atoms with van der Waals surface area (Å²) in [5.41, 5.74) is 0. The van der Waals surface area contributed by atoms with Crippen LogP contribution >= 0.6 is 7.82 Å². The van der Waals surface area contributed by atoms with E-state index in [-0.39, 0.29) is 25.6 Å². The van der Waals surface area contributed by atoms with Crippen LogP contribution in [-0.4, -0.2) is 74.9 Å². The van der Waals surface area contributed by atoms with Crippen LogP contribution in [0.25, 0.3) is 0 Å². The number of ether oxygens (including phenoxy) is 2. The zero-order valence-corrected chi connectivity index (χ0v) is 60.8. The van der Waals surface area contributed by atoms with Crippen molar-refractivity contribution in [3.05, 3.63) is 85.1 Å². The number of nitrogens with zero attached hydrogens (tertiary/aromatic N) is 1. The molecule has 524 valence electrons. The number of rotatable bonds is 71. The quantitative estimate of drug-likeness (QED) is 0.0211. The molecule has 0 aliphatic heterocycles. The van der Waals surface area contributed by atoms with Gasteiger partial charge in [0.15, 0.2) is 6.10 Å². The molecule has 0 aromatic rings. The summed E-state index contributed by atoms with van der Waals surface area (Å²) in [6.07, 6.45) is 97.2. The standard InChI is InChI=1S/C80H146NO8P/c1-6-8-10-12-14-16-18-20-22-24-26-28-30-32-34-35-36-37-38-39-40-41-42-43-44-45-47-48-50-52-54-56-58-60-62-64-66-68-70-72-79(82)86-76-78(77-88-90(84,85)87-75-74-81(3,4)5)89-80(83)73-71-69-67-65-63-61-59-57-55-53-51-49-46-33-31-29-27-25-23-21-19-17-15-13-11-9-7-2/h9,11,15,17-18,20-21,23-24,26-27,29,33,46,78H,6-8,10,12-14,16,19,22,25,28,30-32,34-45,47-77H2,1-5H3/p+1/b11-9-,17-15-,20-18-,23-21-,26-24-,29-27-,46-33-. The Balaban J connectivity index is 3.93. The van der Waals surface area contributed by atoms with E-state index in [4.69, 9.17) is 18.5 Å². The topological polar surface area (TPSA) is 108 Å². The van der Waals surface area contributed by atoms with Crippen LogP contribution in [0.15, 0.2) is 85.1 Å². The number of unbranched alkanes of at least 4 members (excludes halogenated alkanes) is 43. The first-order chi connectivity index (χ1) is 44.0. The van der Waals surface area contributed by atoms with Gasteiger partial charge in [-0.15, -0.1) is 0 Å². The Kier molecular flexibility index (Phi) is 68.3. The van der Waals surface area contributed by atoms with Crippen molar-refractivity contribution in [1.29, 1.82) is 0 Å². The maximum atomic E-state index is 12.9. The fraction of sp³-hybridized carbons (Fsp3) is 0.800. The first kappa shape index (κ1) is 87.2. The number of phosphoric ester groups is 1. The third-order valence-electron chi connectivity index (χ3n) is 16.9. The summed E-state index contributed by atoms with van der Waals surface area (Å²) in [5, 5.41) is 0. The number of hydrogen-bond donors (Lipinski definition) is 1. The summed E-state index contributed by atoms with van der Waals surface area (Å²) < 4.78 is 34.8. The van der Waals surface area contributed by atoms with Gasteiger partial charge in [0.1, 0.15) is 19.8 Å². The molecule has 2 unspecified atom stereocenters. The van der Waals surface area contributed by atoms with Crippen LogP contribution in [0, 0.1) is 0 Å². The van der Waals surface area contributed by atoms with Crippen molar-refractivity contribution in [3.63, 3.8) is 0 Å². The maximum Gasteiger partial charge on any atom is 0.472 e. The van der Waals surface area contributed by atoms with Crippen molar-refractivity contribution >= 4 is 19.8 Å². The van der Waals surface area contributed by atoms with E-state index in [2.05, 4.69) is 98.9 Å². The summed E-state index contributed by atoms with van der Waals surface area (Å²) in [7, 11) is 1.48. The van der Waals surface area contributed by atoms with Crippen LogP contribution in [0.3, 0.4) is 0 Å². The molecule has 0 aromatic carbocycles. The second kappa shape index (κ2) is 70.5. The molecule has 0 rings (SSSR count). The Bertz CT molecular complexity index is 1800. The normalized spacial score (nSPS) is 13.5. The molecule has 10 heteroatoms. The van der Waals surface area contributed by atoms with Gasteiger partial charge >= 0.3 is 19.8 Å². The number of likely N-dealkylation sites (N-methyl/N-ethyl adjacent to an activating group) is 1. The lowest BCUT2D eigenvalue weighted by Crippen LogP contribution is -2.37. The molecule has 0 fully saturated rings. The van der Waals surface area contributed by atoms with E-state index in [1.54, 1.807) is 0 Å². The first-order valence-electron chi connectivity index (χ1n) is 38.3. The van der Waals surface area contributed by atoms with Gasteiger partial charge in [-0.25, -0.2) is 4.57 Å². The van der Waals surface area contributed by atoms with Crippen molar-refractivity contribution in [2.45, 2.75) is 367 Å². The molecule has 0 aromatic heterocycles. The number of carbonyl (C=O) groups is 2. The van der Waals surface area contributed by atoms with Gasteiger partial charge in [0.2, 0.25) is 0 Å². The largest absolute Gasteiger partial charge is 0.472 e. The van der Waals surface area contributed by atoms with Crippen molar-refractivity contribution in [1.82, 2.24) is 0 Å². The molecule has 0 bridgehead atoms. The fourth-order valence-corrected chi connectivity index (χ4v) is 11.8. The SMILES string of the molecule is CC/C=C\C/C=C\C/C=C\C/C=C\C/C=C\CCCCCCCCCCCCCC(=O)OC(COC(=O)CCCCCCCCCCCCCCCCCCCCCCCCCCCCC/C=C\C/C=C\CCCCCCC)COP(=O)(O)OCC[N+](C)(C)C. The van der Waals surface area contributed by atoms with Gasteiger partial charge in [-0.05, 0) is 89.9 Å². The molecule has 2 atom stereocenters. The minimum absolute atomic E-state index is 0.0301. The van der Waals surface area contributed by atoms with Gasteiger partial charge in [0.05, 0.1) is 27.7 Å². The number of hydrogen-bond acceptors (Lipinski definition) is 7. The van der Waals surface area contributed by atoms with Crippen LogP contribution in [-0.2, 0) is 32.7 Å². The lowest BCUT2D eigenvalue weighted by Gasteiger charge is -2.24. The van der Waals surface area contributed by atoms with E-state index in [0.29, 0.717) is 23.9 Å². The van der Waals surface area contributed by atoms with E-state index in [9.17, 15) is 19.0 Å². The Morgan fingerprint density at radius 1 is 0.356 bits per heavy atom. The number of allylic oxidation sites excluding steroid dienone is 14. The summed E-state index contributed by atoms with van der Waals surface area (Å²) >= 11 is 0.